The molecule has 0 aromatic carbocycles. The third-order valence-corrected chi connectivity index (χ3v) is 7.93. The summed E-state index contributed by atoms with van der Waals surface area (Å²) in [6.07, 6.45) is 5.85. The van der Waals surface area contributed by atoms with Crippen LogP contribution in [-0.2, 0) is 24.1 Å². The quantitative estimate of drug-likeness (QED) is 0.464. The predicted octanol–water partition coefficient (Wildman–Crippen LogP) is 4.21. The van der Waals surface area contributed by atoms with Crippen LogP contribution in [0.1, 0.15) is 36.5 Å². The number of anilines is 1. The molecule has 150 valence electrons. The van der Waals surface area contributed by atoms with Gasteiger partial charge in [0, 0.05) is 22.9 Å². The van der Waals surface area contributed by atoms with E-state index in [9.17, 15) is 4.79 Å². The minimum Gasteiger partial charge on any atom is -0.301 e. The molecule has 4 aromatic heterocycles. The number of hydrogen-bond acceptors (Lipinski definition) is 8. The van der Waals surface area contributed by atoms with Crippen molar-refractivity contribution in [2.75, 3.05) is 11.1 Å². The number of aryl methyl sites for hydroxylation is 2. The lowest BCUT2D eigenvalue weighted by Gasteiger charge is -2.17. The van der Waals surface area contributed by atoms with Gasteiger partial charge < -0.3 is 5.32 Å². The minimum atomic E-state index is -0.101. The van der Waals surface area contributed by atoms with Crippen LogP contribution in [0.4, 0.5) is 5.13 Å². The number of nitrogens with one attached hydrogen (secondary N) is 1. The number of carbonyl (C=O) groups excluding carboxylic acids is 1. The zero-order valence-corrected chi connectivity index (χ0v) is 18.6. The Morgan fingerprint density at radius 3 is 3.10 bits per heavy atom. The van der Waals surface area contributed by atoms with Gasteiger partial charge in [0.2, 0.25) is 5.91 Å². The first-order chi connectivity index (χ1) is 14.1. The van der Waals surface area contributed by atoms with Gasteiger partial charge in [-0.25, -0.2) is 9.97 Å². The molecule has 0 saturated heterocycles. The van der Waals surface area contributed by atoms with Crippen molar-refractivity contribution in [3.63, 3.8) is 0 Å². The van der Waals surface area contributed by atoms with Crippen molar-refractivity contribution in [3.8, 4) is 0 Å². The zero-order valence-electron chi connectivity index (χ0n) is 16.1. The summed E-state index contributed by atoms with van der Waals surface area (Å²) in [6.45, 7) is 4.41. The third-order valence-electron chi connectivity index (χ3n) is 5.17. The van der Waals surface area contributed by atoms with E-state index >= 15 is 0 Å². The van der Waals surface area contributed by atoms with Gasteiger partial charge in [-0.3, -0.25) is 9.20 Å². The SMILES string of the molecule is CCc1nc2sc3c(c2c2nnc(SCC(=O)Nc4nccs4)n12)CC[C@@H](C)C3. The van der Waals surface area contributed by atoms with Crippen molar-refractivity contribution in [1.29, 1.82) is 0 Å². The zero-order chi connectivity index (χ0) is 20.0. The number of thiophene rings is 1. The molecule has 0 radical (unpaired) electrons. The average Bonchev–Trinajstić information content (AvgIpc) is 3.43. The number of hydrogen-bond donors (Lipinski definition) is 1. The number of thioether (sulfide) groups is 1. The second kappa shape index (κ2) is 7.66. The van der Waals surface area contributed by atoms with Gasteiger partial charge in [0.25, 0.3) is 0 Å². The van der Waals surface area contributed by atoms with E-state index < -0.39 is 0 Å². The first kappa shape index (κ1) is 19.0. The van der Waals surface area contributed by atoms with Gasteiger partial charge in [0.15, 0.2) is 15.9 Å². The molecule has 0 spiro atoms. The van der Waals surface area contributed by atoms with Gasteiger partial charge in [0.1, 0.15) is 10.7 Å². The third kappa shape index (κ3) is 3.43. The molecule has 29 heavy (non-hydrogen) atoms. The molecule has 0 unspecified atom stereocenters. The molecule has 7 nitrogen and oxygen atoms in total. The molecule has 0 saturated carbocycles. The summed E-state index contributed by atoms with van der Waals surface area (Å²) < 4.78 is 2.04. The molecule has 0 fully saturated rings. The Bertz CT molecular complexity index is 1200. The van der Waals surface area contributed by atoms with Crippen LogP contribution >= 0.6 is 34.4 Å². The van der Waals surface area contributed by atoms with E-state index in [0.717, 1.165) is 46.9 Å². The molecule has 5 rings (SSSR count). The van der Waals surface area contributed by atoms with E-state index in [0.29, 0.717) is 10.3 Å². The van der Waals surface area contributed by atoms with Crippen LogP contribution in [0.5, 0.6) is 0 Å². The summed E-state index contributed by atoms with van der Waals surface area (Å²) in [7, 11) is 0. The van der Waals surface area contributed by atoms with Crippen molar-refractivity contribution < 1.29 is 4.79 Å². The molecule has 4 heterocycles. The Hall–Kier alpha value is -2.04. The summed E-state index contributed by atoms with van der Waals surface area (Å²) in [4.78, 5) is 23.8. The molecule has 1 atom stereocenters. The Labute approximate surface area is 180 Å². The summed E-state index contributed by atoms with van der Waals surface area (Å²) in [5.74, 6) is 1.81. The first-order valence-corrected chi connectivity index (χ1v) is 12.3. The van der Waals surface area contributed by atoms with Gasteiger partial charge in [-0.2, -0.15) is 0 Å². The molecule has 0 aliphatic heterocycles. The van der Waals surface area contributed by atoms with Crippen molar-refractivity contribution in [2.24, 2.45) is 5.92 Å². The van der Waals surface area contributed by atoms with Crippen LogP contribution in [0.2, 0.25) is 0 Å². The molecule has 1 aliphatic carbocycles. The highest BCUT2D eigenvalue weighted by Gasteiger charge is 2.25. The Morgan fingerprint density at radius 1 is 1.41 bits per heavy atom. The number of aromatic nitrogens is 5. The number of rotatable bonds is 5. The topological polar surface area (TPSA) is 85.1 Å². The summed E-state index contributed by atoms with van der Waals surface area (Å²) in [5.41, 5.74) is 2.27. The van der Waals surface area contributed by atoms with Crippen LogP contribution < -0.4 is 5.32 Å². The van der Waals surface area contributed by atoms with Gasteiger partial charge in [-0.15, -0.1) is 32.9 Å². The molecule has 0 bridgehead atoms. The predicted molar refractivity (Wildman–Crippen MR) is 118 cm³/mol. The monoisotopic (exact) mass is 444 g/mol. The molecular weight excluding hydrogens is 424 g/mol. The van der Waals surface area contributed by atoms with Gasteiger partial charge >= 0.3 is 0 Å². The molecular formula is C19H20N6OS3. The van der Waals surface area contributed by atoms with Crippen LogP contribution in [0.15, 0.2) is 16.7 Å². The smallest absolute Gasteiger partial charge is 0.236 e. The van der Waals surface area contributed by atoms with Crippen molar-refractivity contribution in [1.82, 2.24) is 24.6 Å². The fraction of sp³-hybridized carbons (Fsp3) is 0.421. The lowest BCUT2D eigenvalue weighted by Crippen LogP contribution is -2.14. The van der Waals surface area contributed by atoms with E-state index in [1.165, 1.54) is 40.0 Å². The Morgan fingerprint density at radius 2 is 2.31 bits per heavy atom. The fourth-order valence-electron chi connectivity index (χ4n) is 3.78. The van der Waals surface area contributed by atoms with Crippen molar-refractivity contribution >= 4 is 61.3 Å². The highest BCUT2D eigenvalue weighted by Crippen LogP contribution is 2.39. The largest absolute Gasteiger partial charge is 0.301 e. The number of fused-ring (bicyclic) bond motifs is 5. The standard InChI is InChI=1S/C19H20N6OS3/c1-3-13-21-17-15(11-5-4-10(2)8-12(11)29-17)16-23-24-19(25(13)16)28-9-14(26)22-18-20-6-7-27-18/h6-7,10H,3-5,8-9H2,1-2H3,(H,20,22,26)/t10-/m1/s1. The summed E-state index contributed by atoms with van der Waals surface area (Å²) in [6, 6.07) is 0. The van der Waals surface area contributed by atoms with Crippen molar-refractivity contribution in [2.45, 2.75) is 44.7 Å². The van der Waals surface area contributed by atoms with Crippen molar-refractivity contribution in [3.05, 3.63) is 27.8 Å². The minimum absolute atomic E-state index is 0.101. The Kier molecular flexibility index (Phi) is 5.00. The van der Waals surface area contributed by atoms with E-state index in [1.807, 2.05) is 21.1 Å². The van der Waals surface area contributed by atoms with Gasteiger partial charge in [-0.1, -0.05) is 25.6 Å². The Balaban J connectivity index is 1.50. The second-order valence-electron chi connectivity index (χ2n) is 7.23. The second-order valence-corrected chi connectivity index (χ2v) is 10.1. The van der Waals surface area contributed by atoms with Gasteiger partial charge in [-0.05, 0) is 30.7 Å². The van der Waals surface area contributed by atoms with Crippen LogP contribution in [0, 0.1) is 5.92 Å². The molecule has 1 aliphatic rings. The maximum absolute atomic E-state index is 12.3. The maximum atomic E-state index is 12.3. The molecule has 4 aromatic rings. The number of amides is 1. The fourth-order valence-corrected chi connectivity index (χ4v) is 6.47. The molecule has 1 N–H and O–H groups in total. The summed E-state index contributed by atoms with van der Waals surface area (Å²) in [5, 5.41) is 16.1. The highest BCUT2D eigenvalue weighted by atomic mass is 32.2. The normalized spacial score (nSPS) is 16.4. The lowest BCUT2D eigenvalue weighted by molar-refractivity contribution is -0.113. The van der Waals surface area contributed by atoms with E-state index in [-0.39, 0.29) is 11.7 Å². The van der Waals surface area contributed by atoms with E-state index in [2.05, 4.69) is 34.3 Å². The van der Waals surface area contributed by atoms with Crippen LogP contribution in [0.25, 0.3) is 15.9 Å². The van der Waals surface area contributed by atoms with E-state index in [1.54, 1.807) is 6.20 Å². The van der Waals surface area contributed by atoms with Gasteiger partial charge in [0.05, 0.1) is 11.1 Å². The number of nitrogens with zero attached hydrogens (tertiary/aromatic N) is 5. The molecule has 1 amide bonds. The first-order valence-electron chi connectivity index (χ1n) is 9.64. The highest BCUT2D eigenvalue weighted by molar-refractivity contribution is 7.99. The average molecular weight is 445 g/mol. The molecule has 10 heteroatoms. The number of carbonyl (C=O) groups is 1. The van der Waals surface area contributed by atoms with Crippen LogP contribution in [-0.4, -0.2) is 36.2 Å². The number of thiazole rings is 1. The summed E-state index contributed by atoms with van der Waals surface area (Å²) >= 11 is 4.60. The van der Waals surface area contributed by atoms with E-state index in [4.69, 9.17) is 4.98 Å². The maximum Gasteiger partial charge on any atom is 0.236 e. The lowest BCUT2D eigenvalue weighted by atomic mass is 9.89. The van der Waals surface area contributed by atoms with Crippen LogP contribution in [0.3, 0.4) is 0 Å².